The van der Waals surface area contributed by atoms with E-state index < -0.39 is 0 Å². The molecule has 1 saturated heterocycles. The van der Waals surface area contributed by atoms with Gasteiger partial charge in [0.25, 0.3) is 0 Å². The zero-order chi connectivity index (χ0) is 13.1. The Kier molecular flexibility index (Phi) is 3.82. The van der Waals surface area contributed by atoms with Crippen LogP contribution in [-0.4, -0.2) is 46.6 Å². The van der Waals surface area contributed by atoms with Crippen LogP contribution < -0.4 is 10.1 Å². The monoisotopic (exact) mass is 262 g/mol. The summed E-state index contributed by atoms with van der Waals surface area (Å²) in [7, 11) is 0. The lowest BCUT2D eigenvalue weighted by Gasteiger charge is -2.16. The van der Waals surface area contributed by atoms with Crippen molar-refractivity contribution in [3.8, 4) is 5.88 Å². The lowest BCUT2D eigenvalue weighted by atomic mass is 10.2. The number of ether oxygens (including phenoxy) is 1. The highest BCUT2D eigenvalue weighted by atomic mass is 16.5. The van der Waals surface area contributed by atoms with Gasteiger partial charge in [-0.05, 0) is 25.7 Å². The van der Waals surface area contributed by atoms with E-state index in [2.05, 4.69) is 27.1 Å². The van der Waals surface area contributed by atoms with Gasteiger partial charge in [-0.15, -0.1) is 0 Å². The van der Waals surface area contributed by atoms with Crippen molar-refractivity contribution in [2.75, 3.05) is 25.0 Å². The fraction of sp³-hybridized carbons (Fsp3) is 0.714. The summed E-state index contributed by atoms with van der Waals surface area (Å²) in [5.41, 5.74) is 0. The maximum atomic E-state index is 5.53. The predicted octanol–water partition coefficient (Wildman–Crippen LogP) is 1.91. The van der Waals surface area contributed by atoms with E-state index in [1.54, 1.807) is 6.33 Å². The third-order valence-corrected chi connectivity index (χ3v) is 3.73. The van der Waals surface area contributed by atoms with Gasteiger partial charge >= 0.3 is 0 Å². The number of nitrogens with one attached hydrogen (secondary N) is 1. The van der Waals surface area contributed by atoms with Gasteiger partial charge in [-0.2, -0.15) is 0 Å². The van der Waals surface area contributed by atoms with Crippen LogP contribution >= 0.6 is 0 Å². The lowest BCUT2D eigenvalue weighted by molar-refractivity contribution is 0.305. The van der Waals surface area contributed by atoms with Gasteiger partial charge < -0.3 is 10.1 Å². The van der Waals surface area contributed by atoms with E-state index in [-0.39, 0.29) is 0 Å². The third kappa shape index (κ3) is 3.35. The second-order valence-corrected chi connectivity index (χ2v) is 5.45. The summed E-state index contributed by atoms with van der Waals surface area (Å²) >= 11 is 0. The first-order valence-electron chi connectivity index (χ1n) is 7.30. The Balaban J connectivity index is 1.54. The molecule has 104 valence electrons. The quantitative estimate of drug-likeness (QED) is 0.848. The number of hydrogen-bond acceptors (Lipinski definition) is 5. The van der Waals surface area contributed by atoms with Gasteiger partial charge in [-0.3, -0.25) is 4.90 Å². The van der Waals surface area contributed by atoms with Crippen LogP contribution in [-0.2, 0) is 0 Å². The number of hydrogen-bond donors (Lipinski definition) is 1. The van der Waals surface area contributed by atoms with E-state index in [0.29, 0.717) is 18.5 Å². The molecule has 0 aromatic carbocycles. The topological polar surface area (TPSA) is 50.3 Å². The van der Waals surface area contributed by atoms with Crippen molar-refractivity contribution in [3.05, 3.63) is 12.4 Å². The van der Waals surface area contributed by atoms with Crippen molar-refractivity contribution in [1.29, 1.82) is 0 Å². The molecular weight excluding hydrogens is 240 g/mol. The molecule has 1 atom stereocenters. The second kappa shape index (κ2) is 5.74. The van der Waals surface area contributed by atoms with Gasteiger partial charge in [-0.25, -0.2) is 9.97 Å². The largest absolute Gasteiger partial charge is 0.478 e. The molecule has 0 radical (unpaired) electrons. The molecule has 19 heavy (non-hydrogen) atoms. The molecule has 0 spiro atoms. The van der Waals surface area contributed by atoms with Crippen LogP contribution in [0.1, 0.15) is 32.6 Å². The van der Waals surface area contributed by atoms with Gasteiger partial charge in [0.05, 0.1) is 6.61 Å². The maximum Gasteiger partial charge on any atom is 0.218 e. The smallest absolute Gasteiger partial charge is 0.218 e. The molecule has 1 aliphatic carbocycles. The molecule has 1 aromatic heterocycles. The molecule has 2 fully saturated rings. The molecule has 1 aliphatic heterocycles. The van der Waals surface area contributed by atoms with Crippen LogP contribution in [0.5, 0.6) is 5.88 Å². The summed E-state index contributed by atoms with van der Waals surface area (Å²) < 4.78 is 5.53. The molecule has 1 unspecified atom stereocenters. The van der Waals surface area contributed by atoms with Crippen LogP contribution in [0.2, 0.25) is 0 Å². The first kappa shape index (κ1) is 12.7. The molecule has 0 bridgehead atoms. The minimum absolute atomic E-state index is 0.509. The van der Waals surface area contributed by atoms with Crippen LogP contribution in [0.4, 0.5) is 5.82 Å². The summed E-state index contributed by atoms with van der Waals surface area (Å²) in [6.45, 7) is 5.15. The lowest BCUT2D eigenvalue weighted by Crippen LogP contribution is -2.28. The molecule has 1 N–H and O–H groups in total. The van der Waals surface area contributed by atoms with Gasteiger partial charge in [0.1, 0.15) is 12.1 Å². The zero-order valence-electron chi connectivity index (χ0n) is 11.5. The summed E-state index contributed by atoms with van der Waals surface area (Å²) in [4.78, 5) is 11.0. The normalized spacial score (nSPS) is 23.5. The molecule has 5 heteroatoms. The Morgan fingerprint density at radius 1 is 1.37 bits per heavy atom. The molecule has 0 amide bonds. The van der Waals surface area contributed by atoms with E-state index in [0.717, 1.165) is 24.8 Å². The van der Waals surface area contributed by atoms with E-state index in [9.17, 15) is 0 Å². The van der Waals surface area contributed by atoms with E-state index in [4.69, 9.17) is 4.74 Å². The van der Waals surface area contributed by atoms with Crippen molar-refractivity contribution >= 4 is 5.82 Å². The van der Waals surface area contributed by atoms with Crippen LogP contribution in [0.25, 0.3) is 0 Å². The zero-order valence-corrected chi connectivity index (χ0v) is 11.5. The van der Waals surface area contributed by atoms with Crippen molar-refractivity contribution in [2.45, 2.75) is 44.7 Å². The third-order valence-electron chi connectivity index (χ3n) is 3.73. The van der Waals surface area contributed by atoms with Gasteiger partial charge in [0.2, 0.25) is 5.88 Å². The number of likely N-dealkylation sites (tertiary alicyclic amines) is 1. The fourth-order valence-electron chi connectivity index (χ4n) is 2.59. The highest BCUT2D eigenvalue weighted by Gasteiger charge is 2.34. The van der Waals surface area contributed by atoms with Crippen LogP contribution in [0.3, 0.4) is 0 Å². The minimum atomic E-state index is 0.509. The SMILES string of the molecule is CCCOc1cc(NC2CCN(C3CC3)C2)ncn1. The van der Waals surface area contributed by atoms with Crippen molar-refractivity contribution < 1.29 is 4.74 Å². The van der Waals surface area contributed by atoms with E-state index in [1.165, 1.54) is 25.8 Å². The van der Waals surface area contributed by atoms with Crippen molar-refractivity contribution in [1.82, 2.24) is 14.9 Å². The average molecular weight is 262 g/mol. The predicted molar refractivity (Wildman–Crippen MR) is 74.4 cm³/mol. The molecule has 2 heterocycles. The summed E-state index contributed by atoms with van der Waals surface area (Å²) in [6, 6.07) is 3.27. The highest BCUT2D eigenvalue weighted by Crippen LogP contribution is 2.30. The Labute approximate surface area is 114 Å². The molecule has 1 aromatic rings. The fourth-order valence-corrected chi connectivity index (χ4v) is 2.59. The van der Waals surface area contributed by atoms with Gasteiger partial charge in [0, 0.05) is 31.2 Å². The Hall–Kier alpha value is -1.36. The van der Waals surface area contributed by atoms with Crippen molar-refractivity contribution in [3.63, 3.8) is 0 Å². The standard InChI is InChI=1S/C14H22N4O/c1-2-7-19-14-8-13(15-10-16-14)17-11-5-6-18(9-11)12-3-4-12/h8,10-12H,2-7,9H2,1H3,(H,15,16,17). The number of nitrogens with zero attached hydrogens (tertiary/aromatic N) is 3. The van der Waals surface area contributed by atoms with Crippen LogP contribution in [0, 0.1) is 0 Å². The number of aromatic nitrogens is 2. The molecule has 2 aliphatic rings. The van der Waals surface area contributed by atoms with E-state index in [1.807, 2.05) is 6.07 Å². The summed E-state index contributed by atoms with van der Waals surface area (Å²) in [6.07, 6.45) is 6.53. The maximum absolute atomic E-state index is 5.53. The number of rotatable bonds is 6. The van der Waals surface area contributed by atoms with E-state index >= 15 is 0 Å². The minimum Gasteiger partial charge on any atom is -0.478 e. The van der Waals surface area contributed by atoms with Crippen LogP contribution in [0.15, 0.2) is 12.4 Å². The van der Waals surface area contributed by atoms with Crippen molar-refractivity contribution in [2.24, 2.45) is 0 Å². The summed E-state index contributed by atoms with van der Waals surface area (Å²) in [5.74, 6) is 1.54. The molecule has 5 nitrogen and oxygen atoms in total. The molecule has 3 rings (SSSR count). The number of anilines is 1. The first-order valence-corrected chi connectivity index (χ1v) is 7.30. The first-order chi connectivity index (χ1) is 9.35. The van der Waals surface area contributed by atoms with Gasteiger partial charge in [-0.1, -0.05) is 6.92 Å². The van der Waals surface area contributed by atoms with Gasteiger partial charge in [0.15, 0.2) is 0 Å². The average Bonchev–Trinajstić information content (AvgIpc) is 3.18. The Morgan fingerprint density at radius 3 is 3.05 bits per heavy atom. The summed E-state index contributed by atoms with van der Waals surface area (Å²) in [5, 5.41) is 3.50. The molecule has 1 saturated carbocycles. The molecular formula is C14H22N4O. The Morgan fingerprint density at radius 2 is 2.26 bits per heavy atom. The highest BCUT2D eigenvalue weighted by molar-refractivity contribution is 5.38. The second-order valence-electron chi connectivity index (χ2n) is 5.45. The Bertz CT molecular complexity index is 422.